The molecule has 6 nitrogen and oxygen atoms in total. The van der Waals surface area contributed by atoms with Crippen LogP contribution in [-0.2, 0) is 10.0 Å². The molecule has 0 fully saturated rings. The standard InChI is InChI=1S/C12H8ClFN2O4S/c13-11-6-1-8(14)7-12(11)21(19,20)15-9-2-4-10(5-3-9)16(17)18/h1-7,15H. The molecule has 0 bridgehead atoms. The third-order valence-electron chi connectivity index (χ3n) is 2.51. The lowest BCUT2D eigenvalue weighted by Crippen LogP contribution is -2.13. The first-order valence-electron chi connectivity index (χ1n) is 5.52. The maximum Gasteiger partial charge on any atom is 0.269 e. The summed E-state index contributed by atoms with van der Waals surface area (Å²) < 4.78 is 39.5. The molecule has 2 rings (SSSR count). The number of hydrogen-bond donors (Lipinski definition) is 1. The van der Waals surface area contributed by atoms with E-state index in [4.69, 9.17) is 11.6 Å². The number of sulfonamides is 1. The van der Waals surface area contributed by atoms with Crippen LogP contribution in [0.3, 0.4) is 0 Å². The highest BCUT2D eigenvalue weighted by Gasteiger charge is 2.19. The molecule has 0 atom stereocenters. The molecule has 0 saturated heterocycles. The van der Waals surface area contributed by atoms with Crippen molar-refractivity contribution in [3.05, 3.63) is 63.4 Å². The molecule has 0 unspecified atom stereocenters. The highest BCUT2D eigenvalue weighted by atomic mass is 35.5. The fourth-order valence-electron chi connectivity index (χ4n) is 1.54. The Hall–Kier alpha value is -2.19. The van der Waals surface area contributed by atoms with Crippen molar-refractivity contribution in [1.82, 2.24) is 0 Å². The van der Waals surface area contributed by atoms with Crippen LogP contribution >= 0.6 is 11.6 Å². The Labute approximate surface area is 124 Å². The summed E-state index contributed by atoms with van der Waals surface area (Å²) in [5, 5.41) is 10.4. The Bertz CT molecular complexity index is 793. The van der Waals surface area contributed by atoms with Crippen LogP contribution in [0.4, 0.5) is 15.8 Å². The average Bonchev–Trinajstić information content (AvgIpc) is 2.41. The number of anilines is 1. The van der Waals surface area contributed by atoms with Crippen molar-refractivity contribution in [3.63, 3.8) is 0 Å². The van der Waals surface area contributed by atoms with E-state index in [0.29, 0.717) is 0 Å². The van der Waals surface area contributed by atoms with Crippen molar-refractivity contribution in [1.29, 1.82) is 0 Å². The summed E-state index contributed by atoms with van der Waals surface area (Å²) in [5.74, 6) is -0.747. The van der Waals surface area contributed by atoms with Crippen LogP contribution in [0, 0.1) is 15.9 Å². The molecule has 21 heavy (non-hydrogen) atoms. The Morgan fingerprint density at radius 3 is 2.33 bits per heavy atom. The number of nitrogens with zero attached hydrogens (tertiary/aromatic N) is 1. The molecular formula is C12H8ClFN2O4S. The van der Waals surface area contributed by atoms with Crippen LogP contribution in [0.1, 0.15) is 0 Å². The number of nitro groups is 1. The fourth-order valence-corrected chi connectivity index (χ4v) is 3.12. The van der Waals surface area contributed by atoms with Crippen molar-refractivity contribution < 1.29 is 17.7 Å². The lowest BCUT2D eigenvalue weighted by atomic mass is 10.3. The minimum absolute atomic E-state index is 0.0981. The van der Waals surface area contributed by atoms with Gasteiger partial charge in [-0.1, -0.05) is 11.6 Å². The number of rotatable bonds is 4. The first kappa shape index (κ1) is 15.2. The number of nitrogens with one attached hydrogen (secondary N) is 1. The van der Waals surface area contributed by atoms with Gasteiger partial charge in [-0.25, -0.2) is 12.8 Å². The van der Waals surface area contributed by atoms with E-state index in [2.05, 4.69) is 4.72 Å². The summed E-state index contributed by atoms with van der Waals surface area (Å²) in [5.41, 5.74) is -0.0809. The Morgan fingerprint density at radius 1 is 1.14 bits per heavy atom. The fraction of sp³-hybridized carbons (Fsp3) is 0. The van der Waals surface area contributed by atoms with E-state index >= 15 is 0 Å². The van der Waals surface area contributed by atoms with Crippen LogP contribution < -0.4 is 4.72 Å². The molecule has 0 radical (unpaired) electrons. The largest absolute Gasteiger partial charge is 0.280 e. The quantitative estimate of drug-likeness (QED) is 0.688. The number of nitro benzene ring substituents is 1. The van der Waals surface area contributed by atoms with E-state index < -0.39 is 25.7 Å². The molecule has 0 aliphatic heterocycles. The van der Waals surface area contributed by atoms with E-state index in [0.717, 1.165) is 30.3 Å². The second kappa shape index (κ2) is 5.66. The maximum absolute atomic E-state index is 13.1. The zero-order valence-corrected chi connectivity index (χ0v) is 11.9. The SMILES string of the molecule is O=[N+]([O-])c1ccc(NS(=O)(=O)c2cc(F)ccc2Cl)cc1. The Kier molecular flexibility index (Phi) is 4.10. The molecule has 1 N–H and O–H groups in total. The van der Waals surface area contributed by atoms with E-state index in [-0.39, 0.29) is 16.4 Å². The van der Waals surface area contributed by atoms with E-state index in [1.807, 2.05) is 0 Å². The average molecular weight is 331 g/mol. The van der Waals surface area contributed by atoms with Crippen molar-refractivity contribution in [3.8, 4) is 0 Å². The van der Waals surface area contributed by atoms with Gasteiger partial charge in [-0.3, -0.25) is 14.8 Å². The van der Waals surface area contributed by atoms with Gasteiger partial charge >= 0.3 is 0 Å². The third kappa shape index (κ3) is 3.47. The zero-order chi connectivity index (χ0) is 15.6. The smallest absolute Gasteiger partial charge is 0.269 e. The molecule has 0 aliphatic carbocycles. The van der Waals surface area contributed by atoms with Gasteiger partial charge in [0, 0.05) is 17.8 Å². The van der Waals surface area contributed by atoms with Crippen molar-refractivity contribution in [2.24, 2.45) is 0 Å². The predicted molar refractivity (Wildman–Crippen MR) is 75.3 cm³/mol. The lowest BCUT2D eigenvalue weighted by Gasteiger charge is -2.09. The molecule has 0 amide bonds. The molecule has 0 heterocycles. The molecule has 0 aromatic heterocycles. The number of non-ortho nitro benzene ring substituents is 1. The van der Waals surface area contributed by atoms with Crippen LogP contribution in [0.5, 0.6) is 0 Å². The minimum atomic E-state index is -4.09. The van der Waals surface area contributed by atoms with Crippen LogP contribution in [-0.4, -0.2) is 13.3 Å². The summed E-state index contributed by atoms with van der Waals surface area (Å²) in [6.07, 6.45) is 0. The summed E-state index contributed by atoms with van der Waals surface area (Å²) >= 11 is 5.74. The van der Waals surface area contributed by atoms with Gasteiger partial charge in [-0.15, -0.1) is 0 Å². The van der Waals surface area contributed by atoms with Gasteiger partial charge in [0.05, 0.1) is 9.95 Å². The number of hydrogen-bond acceptors (Lipinski definition) is 4. The van der Waals surface area contributed by atoms with Gasteiger partial charge in [0.15, 0.2) is 0 Å². The third-order valence-corrected chi connectivity index (χ3v) is 4.38. The Balaban J connectivity index is 2.33. The number of halogens is 2. The van der Waals surface area contributed by atoms with Gasteiger partial charge in [-0.2, -0.15) is 0 Å². The minimum Gasteiger partial charge on any atom is -0.280 e. The molecule has 2 aromatic rings. The molecule has 0 aliphatic rings. The molecule has 110 valence electrons. The molecule has 0 spiro atoms. The summed E-state index contributed by atoms with van der Waals surface area (Å²) in [6.45, 7) is 0. The van der Waals surface area contributed by atoms with Crippen molar-refractivity contribution >= 4 is 33.0 Å². The summed E-state index contributed by atoms with van der Waals surface area (Å²) in [6, 6.07) is 7.69. The van der Waals surface area contributed by atoms with E-state index in [1.165, 1.54) is 12.1 Å². The van der Waals surface area contributed by atoms with Gasteiger partial charge in [0.1, 0.15) is 10.7 Å². The van der Waals surface area contributed by atoms with Crippen molar-refractivity contribution in [2.75, 3.05) is 4.72 Å². The predicted octanol–water partition coefficient (Wildman–Crippen LogP) is 3.19. The van der Waals surface area contributed by atoms with E-state index in [1.54, 1.807) is 0 Å². The highest BCUT2D eigenvalue weighted by molar-refractivity contribution is 7.92. The van der Waals surface area contributed by atoms with Gasteiger partial charge in [-0.05, 0) is 30.3 Å². The molecular weight excluding hydrogens is 323 g/mol. The van der Waals surface area contributed by atoms with Crippen LogP contribution in [0.2, 0.25) is 5.02 Å². The van der Waals surface area contributed by atoms with Crippen molar-refractivity contribution in [2.45, 2.75) is 4.90 Å². The zero-order valence-electron chi connectivity index (χ0n) is 10.3. The van der Waals surface area contributed by atoms with E-state index in [9.17, 15) is 22.9 Å². The first-order chi connectivity index (χ1) is 9.79. The lowest BCUT2D eigenvalue weighted by molar-refractivity contribution is -0.384. The second-order valence-electron chi connectivity index (χ2n) is 3.98. The van der Waals surface area contributed by atoms with Gasteiger partial charge in [0.25, 0.3) is 15.7 Å². The van der Waals surface area contributed by atoms with Crippen LogP contribution in [0.15, 0.2) is 47.4 Å². The molecule has 9 heteroatoms. The first-order valence-corrected chi connectivity index (χ1v) is 7.38. The molecule has 2 aromatic carbocycles. The normalized spacial score (nSPS) is 11.1. The Morgan fingerprint density at radius 2 is 1.76 bits per heavy atom. The molecule has 0 saturated carbocycles. The van der Waals surface area contributed by atoms with Gasteiger partial charge in [0.2, 0.25) is 0 Å². The monoisotopic (exact) mass is 330 g/mol. The van der Waals surface area contributed by atoms with Gasteiger partial charge < -0.3 is 0 Å². The maximum atomic E-state index is 13.1. The number of benzene rings is 2. The topological polar surface area (TPSA) is 89.3 Å². The second-order valence-corrected chi connectivity index (χ2v) is 6.04. The van der Waals surface area contributed by atoms with Crippen LogP contribution in [0.25, 0.3) is 0 Å². The highest BCUT2D eigenvalue weighted by Crippen LogP contribution is 2.25. The summed E-state index contributed by atoms with van der Waals surface area (Å²) in [7, 11) is -4.09. The summed E-state index contributed by atoms with van der Waals surface area (Å²) in [4.78, 5) is 9.49.